The predicted octanol–water partition coefficient (Wildman–Crippen LogP) is 2.90. The van der Waals surface area contributed by atoms with E-state index in [1.807, 2.05) is 13.8 Å². The van der Waals surface area contributed by atoms with E-state index < -0.39 is 0 Å². The fourth-order valence-corrected chi connectivity index (χ4v) is 2.21. The minimum Gasteiger partial charge on any atom is -0.476 e. The van der Waals surface area contributed by atoms with E-state index in [0.29, 0.717) is 18.2 Å². The van der Waals surface area contributed by atoms with Crippen molar-refractivity contribution in [1.29, 1.82) is 0 Å². The van der Waals surface area contributed by atoms with Crippen LogP contribution in [-0.4, -0.2) is 22.5 Å². The van der Waals surface area contributed by atoms with Crippen molar-refractivity contribution in [2.45, 2.75) is 13.8 Å². The van der Waals surface area contributed by atoms with Crippen LogP contribution in [0.1, 0.15) is 16.8 Å². The molecular weight excluding hydrogens is 274 g/mol. The van der Waals surface area contributed by atoms with Crippen LogP contribution in [0.5, 0.6) is 5.88 Å². The van der Waals surface area contributed by atoms with Gasteiger partial charge in [-0.2, -0.15) is 0 Å². The molecule has 0 aliphatic rings. The molecular formula is C14H15N3O2S. The van der Waals surface area contributed by atoms with Gasteiger partial charge < -0.3 is 10.1 Å². The van der Waals surface area contributed by atoms with Crippen molar-refractivity contribution in [1.82, 2.24) is 9.97 Å². The number of rotatable bonds is 5. The number of aromatic nitrogens is 2. The molecule has 1 N–H and O–H groups in total. The topological polar surface area (TPSA) is 64.1 Å². The molecule has 0 aliphatic heterocycles. The van der Waals surface area contributed by atoms with Gasteiger partial charge in [0.15, 0.2) is 0 Å². The monoisotopic (exact) mass is 289 g/mol. The number of aryl methyl sites for hydroxylation is 1. The van der Waals surface area contributed by atoms with Crippen molar-refractivity contribution in [2.75, 3.05) is 11.9 Å². The summed E-state index contributed by atoms with van der Waals surface area (Å²) in [7, 11) is 0. The zero-order valence-corrected chi connectivity index (χ0v) is 12.1. The summed E-state index contributed by atoms with van der Waals surface area (Å²) in [6.07, 6.45) is 6.56. The third kappa shape index (κ3) is 3.89. The van der Waals surface area contributed by atoms with Crippen molar-refractivity contribution in [2.24, 2.45) is 0 Å². The number of hydrogen-bond acceptors (Lipinski definition) is 5. The molecule has 104 valence electrons. The van der Waals surface area contributed by atoms with Crippen LogP contribution in [0.3, 0.4) is 0 Å². The van der Waals surface area contributed by atoms with Gasteiger partial charge in [-0.3, -0.25) is 4.79 Å². The van der Waals surface area contributed by atoms with E-state index in [1.54, 1.807) is 30.6 Å². The van der Waals surface area contributed by atoms with Gasteiger partial charge in [-0.25, -0.2) is 9.97 Å². The first kappa shape index (κ1) is 14.2. The highest BCUT2D eigenvalue weighted by Crippen LogP contribution is 2.20. The van der Waals surface area contributed by atoms with Gasteiger partial charge in [-0.15, -0.1) is 11.3 Å². The summed E-state index contributed by atoms with van der Waals surface area (Å²) in [6.45, 7) is 4.29. The Balaban J connectivity index is 2.03. The maximum atomic E-state index is 11.9. The Labute approximate surface area is 121 Å². The number of anilines is 1. The van der Waals surface area contributed by atoms with Crippen LogP contribution in [0.2, 0.25) is 0 Å². The van der Waals surface area contributed by atoms with Crippen LogP contribution < -0.4 is 10.1 Å². The fourth-order valence-electron chi connectivity index (χ4n) is 1.52. The molecule has 5 nitrogen and oxygen atoms in total. The summed E-state index contributed by atoms with van der Waals surface area (Å²) in [5.74, 6) is 0.190. The van der Waals surface area contributed by atoms with Crippen LogP contribution in [0.15, 0.2) is 30.6 Å². The molecule has 2 heterocycles. The van der Waals surface area contributed by atoms with Crippen molar-refractivity contribution in [3.63, 3.8) is 0 Å². The highest BCUT2D eigenvalue weighted by atomic mass is 32.1. The molecule has 0 bridgehead atoms. The Morgan fingerprint density at radius 3 is 3.05 bits per heavy atom. The summed E-state index contributed by atoms with van der Waals surface area (Å²) in [6, 6.07) is 3.50. The third-order valence-corrected chi connectivity index (χ3v) is 3.23. The van der Waals surface area contributed by atoms with Gasteiger partial charge in [-0.1, -0.05) is 0 Å². The lowest BCUT2D eigenvalue weighted by molar-refractivity contribution is -0.111. The van der Waals surface area contributed by atoms with Crippen molar-refractivity contribution >= 4 is 29.0 Å². The Bertz CT molecular complexity index is 622. The second-order valence-electron chi connectivity index (χ2n) is 3.89. The SMILES string of the molecule is CCOc1ncccc1NC(=O)/C=C/c1cnc(C)s1. The molecule has 0 aromatic carbocycles. The van der Waals surface area contributed by atoms with Gasteiger partial charge in [0.1, 0.15) is 5.69 Å². The summed E-state index contributed by atoms with van der Waals surface area (Å²) in [5, 5.41) is 3.71. The van der Waals surface area contributed by atoms with E-state index in [9.17, 15) is 4.79 Å². The first-order chi connectivity index (χ1) is 9.69. The summed E-state index contributed by atoms with van der Waals surface area (Å²) >= 11 is 1.53. The second kappa shape index (κ2) is 6.81. The number of ether oxygens (including phenoxy) is 1. The van der Waals surface area contributed by atoms with Crippen molar-refractivity contribution < 1.29 is 9.53 Å². The number of hydrogen-bond donors (Lipinski definition) is 1. The van der Waals surface area contributed by atoms with Crippen LogP contribution in [-0.2, 0) is 4.79 Å². The average molecular weight is 289 g/mol. The third-order valence-electron chi connectivity index (χ3n) is 2.35. The first-order valence-electron chi connectivity index (χ1n) is 6.18. The molecule has 0 saturated heterocycles. The summed E-state index contributed by atoms with van der Waals surface area (Å²) in [4.78, 5) is 21.0. The molecule has 0 radical (unpaired) electrons. The quantitative estimate of drug-likeness (QED) is 0.860. The minimum absolute atomic E-state index is 0.231. The summed E-state index contributed by atoms with van der Waals surface area (Å²) < 4.78 is 5.35. The fraction of sp³-hybridized carbons (Fsp3) is 0.214. The average Bonchev–Trinajstić information content (AvgIpc) is 2.85. The highest BCUT2D eigenvalue weighted by Gasteiger charge is 2.06. The molecule has 6 heteroatoms. The Hall–Kier alpha value is -2.21. The number of carbonyl (C=O) groups excluding carboxylic acids is 1. The molecule has 0 unspecified atom stereocenters. The maximum absolute atomic E-state index is 11.9. The molecule has 0 spiro atoms. The van der Waals surface area contributed by atoms with Crippen LogP contribution >= 0.6 is 11.3 Å². The van der Waals surface area contributed by atoms with Gasteiger partial charge in [0.25, 0.3) is 0 Å². The van der Waals surface area contributed by atoms with Crippen molar-refractivity contribution in [3.8, 4) is 5.88 Å². The molecule has 2 aromatic rings. The predicted molar refractivity (Wildman–Crippen MR) is 79.9 cm³/mol. The Kier molecular flexibility index (Phi) is 4.84. The van der Waals surface area contributed by atoms with Crippen molar-refractivity contribution in [3.05, 3.63) is 40.5 Å². The lowest BCUT2D eigenvalue weighted by Gasteiger charge is -2.08. The lowest BCUT2D eigenvalue weighted by Crippen LogP contribution is -2.10. The Morgan fingerprint density at radius 2 is 2.35 bits per heavy atom. The van der Waals surface area contributed by atoms with Gasteiger partial charge in [0, 0.05) is 23.3 Å². The Morgan fingerprint density at radius 1 is 1.50 bits per heavy atom. The van der Waals surface area contributed by atoms with Gasteiger partial charge in [-0.05, 0) is 32.1 Å². The second-order valence-corrected chi connectivity index (χ2v) is 5.16. The van der Waals surface area contributed by atoms with Gasteiger partial charge >= 0.3 is 0 Å². The number of nitrogens with one attached hydrogen (secondary N) is 1. The molecule has 0 fully saturated rings. The van der Waals surface area contributed by atoms with Gasteiger partial charge in [0.05, 0.1) is 11.6 Å². The largest absolute Gasteiger partial charge is 0.476 e. The van der Waals surface area contributed by atoms with Crippen LogP contribution in [0.4, 0.5) is 5.69 Å². The van der Waals surface area contributed by atoms with Crippen LogP contribution in [0.25, 0.3) is 6.08 Å². The number of pyridine rings is 1. The molecule has 0 saturated carbocycles. The van der Waals surface area contributed by atoms with E-state index in [2.05, 4.69) is 15.3 Å². The van der Waals surface area contributed by atoms with Crippen LogP contribution in [0, 0.1) is 6.92 Å². The first-order valence-corrected chi connectivity index (χ1v) is 7.00. The molecule has 2 rings (SSSR count). The van der Waals surface area contributed by atoms with Gasteiger partial charge in [0.2, 0.25) is 11.8 Å². The molecule has 2 aromatic heterocycles. The standard InChI is InChI=1S/C14H15N3O2S/c1-3-19-14-12(5-4-8-15-14)17-13(18)7-6-11-9-16-10(2)20-11/h4-9H,3H2,1-2H3,(H,17,18)/b7-6+. The molecule has 20 heavy (non-hydrogen) atoms. The molecule has 0 atom stereocenters. The maximum Gasteiger partial charge on any atom is 0.248 e. The number of amides is 1. The smallest absolute Gasteiger partial charge is 0.248 e. The highest BCUT2D eigenvalue weighted by molar-refractivity contribution is 7.12. The van der Waals surface area contributed by atoms with E-state index >= 15 is 0 Å². The number of thiazole rings is 1. The number of carbonyl (C=O) groups is 1. The lowest BCUT2D eigenvalue weighted by atomic mass is 10.3. The molecule has 0 aliphatic carbocycles. The van der Waals surface area contributed by atoms with E-state index in [-0.39, 0.29) is 5.91 Å². The minimum atomic E-state index is -0.231. The van der Waals surface area contributed by atoms with E-state index in [1.165, 1.54) is 17.4 Å². The number of nitrogens with zero attached hydrogens (tertiary/aromatic N) is 2. The van der Waals surface area contributed by atoms with E-state index in [4.69, 9.17) is 4.74 Å². The molecule has 1 amide bonds. The van der Waals surface area contributed by atoms with E-state index in [0.717, 1.165) is 9.88 Å². The normalized spacial score (nSPS) is 10.7. The zero-order chi connectivity index (χ0) is 14.4. The summed E-state index contributed by atoms with van der Waals surface area (Å²) in [5.41, 5.74) is 0.560. The zero-order valence-electron chi connectivity index (χ0n) is 11.3.